The number of hydrogen-bond acceptors (Lipinski definition) is 3. The van der Waals surface area contributed by atoms with Gasteiger partial charge in [0, 0.05) is 11.4 Å². The molecular formula is C17H24ClNO3. The van der Waals surface area contributed by atoms with Gasteiger partial charge in [-0.1, -0.05) is 50.4 Å². The number of methoxy groups -OCH3 is 1. The van der Waals surface area contributed by atoms with Gasteiger partial charge < -0.3 is 10.1 Å². The van der Waals surface area contributed by atoms with E-state index in [9.17, 15) is 9.59 Å². The van der Waals surface area contributed by atoms with Crippen LogP contribution >= 0.6 is 11.6 Å². The van der Waals surface area contributed by atoms with Crippen molar-refractivity contribution in [2.24, 2.45) is 5.92 Å². The van der Waals surface area contributed by atoms with Gasteiger partial charge in [-0.05, 0) is 23.6 Å². The number of rotatable bonds is 8. The first kappa shape index (κ1) is 18.5. The summed E-state index contributed by atoms with van der Waals surface area (Å²) >= 11 is 5.88. The quantitative estimate of drug-likeness (QED) is 0.738. The van der Waals surface area contributed by atoms with E-state index in [2.05, 4.69) is 19.2 Å². The average Bonchev–Trinajstić information content (AvgIpc) is 2.47. The van der Waals surface area contributed by atoms with E-state index in [4.69, 9.17) is 16.3 Å². The van der Waals surface area contributed by atoms with Crippen molar-refractivity contribution in [1.82, 2.24) is 5.32 Å². The minimum atomic E-state index is -0.397. The highest BCUT2D eigenvalue weighted by Gasteiger charge is 2.19. The van der Waals surface area contributed by atoms with Gasteiger partial charge in [-0.25, -0.2) is 0 Å². The van der Waals surface area contributed by atoms with Crippen LogP contribution < -0.4 is 5.32 Å². The Bertz CT molecular complexity index is 487. The van der Waals surface area contributed by atoms with Crippen LogP contribution in [-0.4, -0.2) is 19.0 Å². The molecule has 1 amide bonds. The zero-order valence-corrected chi connectivity index (χ0v) is 14.2. The summed E-state index contributed by atoms with van der Waals surface area (Å²) in [6, 6.07) is 6.71. The largest absolute Gasteiger partial charge is 0.469 e. The molecule has 1 aromatic rings. The molecule has 1 rings (SSSR count). The minimum Gasteiger partial charge on any atom is -0.469 e. The molecule has 1 N–H and O–H groups in total. The van der Waals surface area contributed by atoms with E-state index < -0.39 is 6.04 Å². The molecule has 2 unspecified atom stereocenters. The zero-order valence-electron chi connectivity index (χ0n) is 13.4. The standard InChI is InChI=1S/C17H24ClNO3/c1-4-5-12(2)10-16(20)19-15(11-17(21)22-3)13-6-8-14(18)9-7-13/h6-9,12,15H,4-5,10-11H2,1-3H3,(H,19,20). The molecule has 0 heterocycles. The maximum Gasteiger partial charge on any atom is 0.307 e. The Balaban J connectivity index is 2.75. The lowest BCUT2D eigenvalue weighted by Crippen LogP contribution is -2.31. The molecule has 0 spiro atoms. The zero-order chi connectivity index (χ0) is 16.5. The van der Waals surface area contributed by atoms with E-state index in [-0.39, 0.29) is 18.3 Å². The number of carbonyl (C=O) groups is 2. The van der Waals surface area contributed by atoms with Crippen LogP contribution in [-0.2, 0) is 14.3 Å². The number of halogens is 1. The molecule has 0 aliphatic rings. The summed E-state index contributed by atoms with van der Waals surface area (Å²) in [6.07, 6.45) is 2.62. The number of ether oxygens (including phenoxy) is 1. The lowest BCUT2D eigenvalue weighted by molar-refractivity contribution is -0.141. The van der Waals surface area contributed by atoms with E-state index in [0.29, 0.717) is 17.4 Å². The van der Waals surface area contributed by atoms with E-state index >= 15 is 0 Å². The third kappa shape index (κ3) is 6.48. The Kier molecular flexibility index (Phi) is 7.96. The van der Waals surface area contributed by atoms with Gasteiger partial charge in [0.2, 0.25) is 5.91 Å². The van der Waals surface area contributed by atoms with Gasteiger partial charge in [0.25, 0.3) is 0 Å². The van der Waals surface area contributed by atoms with Gasteiger partial charge in [0.1, 0.15) is 0 Å². The summed E-state index contributed by atoms with van der Waals surface area (Å²) in [5, 5.41) is 3.54. The summed E-state index contributed by atoms with van der Waals surface area (Å²) in [6.45, 7) is 4.16. The van der Waals surface area contributed by atoms with Crippen molar-refractivity contribution in [2.75, 3.05) is 7.11 Å². The van der Waals surface area contributed by atoms with Crippen molar-refractivity contribution in [1.29, 1.82) is 0 Å². The highest BCUT2D eigenvalue weighted by molar-refractivity contribution is 6.30. The second-order valence-corrected chi connectivity index (χ2v) is 5.99. The first-order valence-electron chi connectivity index (χ1n) is 7.57. The molecule has 0 saturated carbocycles. The molecule has 1 aromatic carbocycles. The predicted molar refractivity (Wildman–Crippen MR) is 87.7 cm³/mol. The lowest BCUT2D eigenvalue weighted by Gasteiger charge is -2.19. The van der Waals surface area contributed by atoms with E-state index in [1.165, 1.54) is 7.11 Å². The molecule has 0 bridgehead atoms. The summed E-state index contributed by atoms with van der Waals surface area (Å²) in [4.78, 5) is 23.7. The molecular weight excluding hydrogens is 302 g/mol. The van der Waals surface area contributed by atoms with Crippen molar-refractivity contribution in [2.45, 2.75) is 45.6 Å². The SMILES string of the molecule is CCCC(C)CC(=O)NC(CC(=O)OC)c1ccc(Cl)cc1. The van der Waals surface area contributed by atoms with Gasteiger partial charge >= 0.3 is 5.97 Å². The Morgan fingerprint density at radius 3 is 2.41 bits per heavy atom. The summed E-state index contributed by atoms with van der Waals surface area (Å²) < 4.78 is 4.71. The number of carbonyl (C=O) groups excluding carboxylic acids is 2. The van der Waals surface area contributed by atoms with Crippen LogP contribution in [0.3, 0.4) is 0 Å². The second-order valence-electron chi connectivity index (χ2n) is 5.55. The fraction of sp³-hybridized carbons (Fsp3) is 0.529. The van der Waals surface area contributed by atoms with Crippen LogP contribution in [0.5, 0.6) is 0 Å². The summed E-state index contributed by atoms with van der Waals surface area (Å²) in [5.74, 6) is -0.0827. The first-order chi connectivity index (χ1) is 10.5. The molecule has 0 aromatic heterocycles. The highest BCUT2D eigenvalue weighted by Crippen LogP contribution is 2.21. The van der Waals surface area contributed by atoms with Crippen LogP contribution in [0.1, 0.15) is 51.1 Å². The molecule has 122 valence electrons. The van der Waals surface area contributed by atoms with Gasteiger partial charge in [0.05, 0.1) is 19.6 Å². The van der Waals surface area contributed by atoms with Gasteiger partial charge in [0.15, 0.2) is 0 Å². The Labute approximate surface area is 137 Å². The second kappa shape index (κ2) is 9.46. The fourth-order valence-electron chi connectivity index (χ4n) is 2.36. The third-order valence-corrected chi connectivity index (χ3v) is 3.77. The van der Waals surface area contributed by atoms with Gasteiger partial charge in [-0.2, -0.15) is 0 Å². The van der Waals surface area contributed by atoms with Gasteiger partial charge in [-0.15, -0.1) is 0 Å². The van der Waals surface area contributed by atoms with Crippen LogP contribution in [0.4, 0.5) is 0 Å². The van der Waals surface area contributed by atoms with Crippen molar-refractivity contribution < 1.29 is 14.3 Å². The molecule has 22 heavy (non-hydrogen) atoms. The normalized spacial score (nSPS) is 13.3. The van der Waals surface area contributed by atoms with Gasteiger partial charge in [-0.3, -0.25) is 9.59 Å². The highest BCUT2D eigenvalue weighted by atomic mass is 35.5. The molecule has 0 radical (unpaired) electrons. The smallest absolute Gasteiger partial charge is 0.307 e. The Hall–Kier alpha value is -1.55. The number of amides is 1. The molecule has 0 fully saturated rings. The lowest BCUT2D eigenvalue weighted by atomic mass is 10.00. The molecule has 4 nitrogen and oxygen atoms in total. The number of benzene rings is 1. The number of esters is 1. The molecule has 0 aliphatic heterocycles. The minimum absolute atomic E-state index is 0.0511. The van der Waals surface area contributed by atoms with Crippen LogP contribution in [0, 0.1) is 5.92 Å². The van der Waals surface area contributed by atoms with Crippen molar-refractivity contribution in [3.8, 4) is 0 Å². The van der Waals surface area contributed by atoms with Crippen molar-refractivity contribution >= 4 is 23.5 Å². The van der Waals surface area contributed by atoms with Crippen molar-refractivity contribution in [3.63, 3.8) is 0 Å². The summed E-state index contributed by atoms with van der Waals surface area (Å²) in [5.41, 5.74) is 0.839. The van der Waals surface area contributed by atoms with Crippen molar-refractivity contribution in [3.05, 3.63) is 34.9 Å². The number of hydrogen-bond donors (Lipinski definition) is 1. The molecule has 0 saturated heterocycles. The summed E-state index contributed by atoms with van der Waals surface area (Å²) in [7, 11) is 1.34. The average molecular weight is 326 g/mol. The van der Waals surface area contributed by atoms with E-state index in [0.717, 1.165) is 18.4 Å². The maximum absolute atomic E-state index is 12.2. The number of nitrogens with one attached hydrogen (secondary N) is 1. The first-order valence-corrected chi connectivity index (χ1v) is 7.95. The molecule has 5 heteroatoms. The van der Waals surface area contributed by atoms with Crippen LogP contribution in [0.2, 0.25) is 5.02 Å². The molecule has 2 atom stereocenters. The maximum atomic E-state index is 12.2. The van der Waals surface area contributed by atoms with E-state index in [1.807, 2.05) is 12.1 Å². The monoisotopic (exact) mass is 325 g/mol. The molecule has 0 aliphatic carbocycles. The third-order valence-electron chi connectivity index (χ3n) is 3.52. The van der Waals surface area contributed by atoms with Crippen LogP contribution in [0.25, 0.3) is 0 Å². The predicted octanol–water partition coefficient (Wildman–Crippen LogP) is 3.89. The Morgan fingerprint density at radius 1 is 1.23 bits per heavy atom. The fourth-order valence-corrected chi connectivity index (χ4v) is 2.49. The van der Waals surface area contributed by atoms with Crippen LogP contribution in [0.15, 0.2) is 24.3 Å². The topological polar surface area (TPSA) is 55.4 Å². The Morgan fingerprint density at radius 2 is 1.86 bits per heavy atom. The van der Waals surface area contributed by atoms with E-state index in [1.54, 1.807) is 12.1 Å².